The number of aromatic hydroxyl groups is 1. The third kappa shape index (κ3) is 2.44. The Labute approximate surface area is 121 Å². The quantitative estimate of drug-likeness (QED) is 0.773. The number of hydrogen-bond donors (Lipinski definition) is 2. The maximum absolute atomic E-state index is 11.4. The van der Waals surface area contributed by atoms with E-state index in [1.54, 1.807) is 0 Å². The van der Waals surface area contributed by atoms with Gasteiger partial charge in [-0.15, -0.1) is 0 Å². The molecule has 2 amide bonds. The van der Waals surface area contributed by atoms with Gasteiger partial charge in [0.1, 0.15) is 0 Å². The highest BCUT2D eigenvalue weighted by Crippen LogP contribution is 2.41. The lowest BCUT2D eigenvalue weighted by Crippen LogP contribution is -2.17. The van der Waals surface area contributed by atoms with E-state index in [1.807, 2.05) is 0 Å². The van der Waals surface area contributed by atoms with Crippen LogP contribution in [0.15, 0.2) is 11.0 Å². The lowest BCUT2D eigenvalue weighted by atomic mass is 10.2. The zero-order valence-electron chi connectivity index (χ0n) is 8.46. The lowest BCUT2D eigenvalue weighted by Gasteiger charge is -2.06. The number of carbonyl (C=O) groups excluding carboxylic acids is 2. The molecule has 1 aromatic carbocycles. The van der Waals surface area contributed by atoms with E-state index in [1.165, 1.54) is 12.1 Å². The summed E-state index contributed by atoms with van der Waals surface area (Å²) >= 11 is 18.2. The van der Waals surface area contributed by atoms with E-state index in [4.69, 9.17) is 34.8 Å². The minimum atomic E-state index is -0.536. The second-order valence-corrected chi connectivity index (χ2v) is 5.48. The van der Waals surface area contributed by atoms with Crippen molar-refractivity contribution in [2.75, 3.05) is 0 Å². The highest BCUT2D eigenvalue weighted by atomic mass is 35.5. The summed E-state index contributed by atoms with van der Waals surface area (Å²) in [6, 6.07) is 1.30. The number of benzene rings is 1. The third-order valence-electron chi connectivity index (χ3n) is 2.10. The first kappa shape index (κ1) is 13.5. The number of halogens is 3. The molecule has 2 N–H and O–H groups in total. The third-order valence-corrected chi connectivity index (χ3v) is 3.89. The zero-order valence-corrected chi connectivity index (χ0v) is 11.5. The Morgan fingerprint density at radius 1 is 1.22 bits per heavy atom. The van der Waals surface area contributed by atoms with E-state index >= 15 is 0 Å². The van der Waals surface area contributed by atoms with Crippen molar-refractivity contribution in [1.29, 1.82) is 0 Å². The Morgan fingerprint density at radius 2 is 1.89 bits per heavy atom. The molecule has 8 heteroatoms. The average Bonchev–Trinajstić information content (AvgIpc) is 2.60. The van der Waals surface area contributed by atoms with Crippen LogP contribution in [-0.4, -0.2) is 16.3 Å². The van der Waals surface area contributed by atoms with Crippen LogP contribution in [0.3, 0.4) is 0 Å². The zero-order chi connectivity index (χ0) is 13.4. The number of phenolic OH excluding ortho intramolecular Hbond substituents is 1. The summed E-state index contributed by atoms with van der Waals surface area (Å²) in [5.74, 6) is -0.865. The summed E-state index contributed by atoms with van der Waals surface area (Å²) in [6.45, 7) is 0. The highest BCUT2D eigenvalue weighted by Gasteiger charge is 2.26. The molecule has 0 aromatic heterocycles. The fourth-order valence-corrected chi connectivity index (χ4v) is 2.82. The summed E-state index contributed by atoms with van der Waals surface area (Å²) in [7, 11) is 0. The molecule has 4 nitrogen and oxygen atoms in total. The molecule has 0 spiro atoms. The van der Waals surface area contributed by atoms with Crippen LogP contribution < -0.4 is 5.32 Å². The van der Waals surface area contributed by atoms with Gasteiger partial charge in [0.15, 0.2) is 5.75 Å². The van der Waals surface area contributed by atoms with Crippen LogP contribution in [0.4, 0.5) is 4.79 Å². The van der Waals surface area contributed by atoms with Crippen LogP contribution >= 0.6 is 46.6 Å². The Kier molecular flexibility index (Phi) is 3.77. The topological polar surface area (TPSA) is 66.4 Å². The minimum absolute atomic E-state index is 0.00625. The predicted octanol–water partition coefficient (Wildman–Crippen LogP) is 3.68. The molecule has 0 radical (unpaired) electrons. The van der Waals surface area contributed by atoms with Crippen LogP contribution in [-0.2, 0) is 4.79 Å². The smallest absolute Gasteiger partial charge is 0.290 e. The highest BCUT2D eigenvalue weighted by molar-refractivity contribution is 8.18. The summed E-state index contributed by atoms with van der Waals surface area (Å²) in [5.41, 5.74) is 0.229. The number of carbonyl (C=O) groups is 2. The molecule has 94 valence electrons. The predicted molar refractivity (Wildman–Crippen MR) is 72.2 cm³/mol. The van der Waals surface area contributed by atoms with Crippen LogP contribution in [0.2, 0.25) is 15.1 Å². The van der Waals surface area contributed by atoms with Gasteiger partial charge < -0.3 is 5.11 Å². The van der Waals surface area contributed by atoms with Gasteiger partial charge in [-0.2, -0.15) is 0 Å². The Balaban J connectivity index is 2.53. The number of hydrogen-bond acceptors (Lipinski definition) is 4. The molecule has 1 heterocycles. The van der Waals surface area contributed by atoms with Gasteiger partial charge in [-0.1, -0.05) is 34.8 Å². The SMILES string of the molecule is O=C1NC(=O)/C(=C/c2c(Cl)cc(Cl)c(O)c2Cl)S1. The van der Waals surface area contributed by atoms with Crippen molar-refractivity contribution in [2.45, 2.75) is 0 Å². The van der Waals surface area contributed by atoms with Gasteiger partial charge in [-0.05, 0) is 23.9 Å². The molecule has 2 rings (SSSR count). The molecule has 0 atom stereocenters. The van der Waals surface area contributed by atoms with Crippen molar-refractivity contribution in [3.63, 3.8) is 0 Å². The summed E-state index contributed by atoms with van der Waals surface area (Å²) in [6.07, 6.45) is 1.33. The molecular weight excluding hydrogens is 321 g/mol. The molecule has 0 aliphatic carbocycles. The fourth-order valence-electron chi connectivity index (χ4n) is 1.28. The fraction of sp³-hybridized carbons (Fsp3) is 0. The van der Waals surface area contributed by atoms with Gasteiger partial charge in [0.05, 0.1) is 20.0 Å². The molecular formula is C10H4Cl3NO3S. The standard InChI is InChI=1S/C10H4Cl3NO3S/c11-4-2-5(12)8(15)7(13)3(4)1-6-9(16)14-10(17)18-6/h1-2,15H,(H,14,16,17)/b6-1-. The monoisotopic (exact) mass is 323 g/mol. The van der Waals surface area contributed by atoms with Gasteiger partial charge in [0, 0.05) is 5.56 Å². The number of thioether (sulfide) groups is 1. The number of rotatable bonds is 1. The van der Waals surface area contributed by atoms with Crippen LogP contribution in [0, 0.1) is 0 Å². The maximum atomic E-state index is 11.4. The van der Waals surface area contributed by atoms with Crippen LogP contribution in [0.5, 0.6) is 5.75 Å². The van der Waals surface area contributed by atoms with Crippen LogP contribution in [0.1, 0.15) is 5.56 Å². The number of imide groups is 1. The first-order valence-corrected chi connectivity index (χ1v) is 6.46. The van der Waals surface area contributed by atoms with Crippen molar-refractivity contribution in [3.8, 4) is 5.75 Å². The second-order valence-electron chi connectivity index (χ2n) is 3.27. The number of phenols is 1. The van der Waals surface area contributed by atoms with Gasteiger partial charge in [-0.25, -0.2) is 0 Å². The first-order chi connectivity index (χ1) is 8.40. The molecule has 1 aromatic rings. The van der Waals surface area contributed by atoms with E-state index in [0.29, 0.717) is 0 Å². The molecule has 0 bridgehead atoms. The van der Waals surface area contributed by atoms with Gasteiger partial charge in [0.25, 0.3) is 11.1 Å². The molecule has 1 fully saturated rings. The minimum Gasteiger partial charge on any atom is -0.505 e. The molecule has 0 unspecified atom stereocenters. The van der Waals surface area contributed by atoms with E-state index in [9.17, 15) is 14.7 Å². The summed E-state index contributed by atoms with van der Waals surface area (Å²) in [4.78, 5) is 22.5. The Morgan fingerprint density at radius 3 is 2.44 bits per heavy atom. The Hall–Kier alpha value is -0.880. The normalized spacial score (nSPS) is 17.4. The molecule has 18 heavy (non-hydrogen) atoms. The van der Waals surface area contributed by atoms with Crippen molar-refractivity contribution < 1.29 is 14.7 Å². The van der Waals surface area contributed by atoms with Crippen molar-refractivity contribution in [3.05, 3.63) is 31.6 Å². The summed E-state index contributed by atoms with van der Waals surface area (Å²) in [5, 5.41) is 11.3. The summed E-state index contributed by atoms with van der Waals surface area (Å²) < 4.78 is 0. The average molecular weight is 325 g/mol. The van der Waals surface area contributed by atoms with Crippen LogP contribution in [0.25, 0.3) is 6.08 Å². The van der Waals surface area contributed by atoms with E-state index < -0.39 is 11.1 Å². The number of amides is 2. The van der Waals surface area contributed by atoms with Gasteiger partial charge in [-0.3, -0.25) is 14.9 Å². The molecule has 0 saturated carbocycles. The number of nitrogens with one attached hydrogen (secondary N) is 1. The van der Waals surface area contributed by atoms with E-state index in [2.05, 4.69) is 5.32 Å². The molecule has 1 saturated heterocycles. The largest absolute Gasteiger partial charge is 0.505 e. The van der Waals surface area contributed by atoms with E-state index in [0.717, 1.165) is 11.8 Å². The lowest BCUT2D eigenvalue weighted by molar-refractivity contribution is -0.115. The van der Waals surface area contributed by atoms with E-state index in [-0.39, 0.29) is 31.3 Å². The van der Waals surface area contributed by atoms with Gasteiger partial charge in [0.2, 0.25) is 0 Å². The molecule has 1 aliphatic heterocycles. The Bertz CT molecular complexity index is 601. The van der Waals surface area contributed by atoms with Crippen molar-refractivity contribution in [2.24, 2.45) is 0 Å². The van der Waals surface area contributed by atoms with Gasteiger partial charge >= 0.3 is 0 Å². The second kappa shape index (κ2) is 5.01. The maximum Gasteiger partial charge on any atom is 0.290 e. The van der Waals surface area contributed by atoms with Crippen molar-refractivity contribution in [1.82, 2.24) is 5.32 Å². The molecule has 1 aliphatic rings. The van der Waals surface area contributed by atoms with Crippen molar-refractivity contribution >= 4 is 63.8 Å². The first-order valence-electron chi connectivity index (χ1n) is 4.51.